The molecule has 88 valence electrons. The minimum atomic E-state index is 0.628. The molecule has 0 bridgehead atoms. The molecule has 3 nitrogen and oxygen atoms in total. The van der Waals surface area contributed by atoms with E-state index in [1.54, 1.807) is 4.88 Å². The SMILES string of the molecule is CNc1nc(C2CC2)nc2sc3c(c12)CCC3. The number of anilines is 1. The first-order chi connectivity index (χ1) is 8.36. The molecule has 17 heavy (non-hydrogen) atoms. The number of aromatic nitrogens is 2. The average Bonchev–Trinajstić information content (AvgIpc) is 2.99. The van der Waals surface area contributed by atoms with Crippen LogP contribution in [0.5, 0.6) is 0 Å². The molecular formula is C13H15N3S. The molecule has 2 aliphatic carbocycles. The fraction of sp³-hybridized carbons (Fsp3) is 0.538. The standard InChI is InChI=1S/C13H15N3S/c1-14-12-10-8-3-2-4-9(8)17-13(10)16-11(15-12)7-5-6-7/h7H,2-6H2,1H3,(H,14,15,16). The van der Waals surface area contributed by atoms with E-state index in [1.807, 2.05) is 18.4 Å². The predicted molar refractivity (Wildman–Crippen MR) is 71.0 cm³/mol. The number of rotatable bonds is 2. The summed E-state index contributed by atoms with van der Waals surface area (Å²) in [6, 6.07) is 0. The highest BCUT2D eigenvalue weighted by atomic mass is 32.1. The quantitative estimate of drug-likeness (QED) is 0.883. The Morgan fingerprint density at radius 3 is 2.88 bits per heavy atom. The molecule has 2 aliphatic rings. The molecule has 0 aliphatic heterocycles. The lowest BCUT2D eigenvalue weighted by Gasteiger charge is -2.05. The fourth-order valence-corrected chi connectivity index (χ4v) is 3.99. The zero-order valence-electron chi connectivity index (χ0n) is 9.92. The number of thiophene rings is 1. The van der Waals surface area contributed by atoms with Gasteiger partial charge in [0.25, 0.3) is 0 Å². The normalized spacial score (nSPS) is 18.6. The molecule has 1 fully saturated rings. The second-order valence-electron chi connectivity index (χ2n) is 4.99. The van der Waals surface area contributed by atoms with Crippen LogP contribution in [-0.4, -0.2) is 17.0 Å². The third-order valence-corrected chi connectivity index (χ3v) is 4.95. The van der Waals surface area contributed by atoms with E-state index in [1.165, 1.54) is 47.9 Å². The van der Waals surface area contributed by atoms with E-state index in [-0.39, 0.29) is 0 Å². The van der Waals surface area contributed by atoms with E-state index in [2.05, 4.69) is 5.32 Å². The van der Waals surface area contributed by atoms with Gasteiger partial charge in [0.05, 0.1) is 5.39 Å². The van der Waals surface area contributed by atoms with Crippen molar-refractivity contribution in [3.63, 3.8) is 0 Å². The Morgan fingerprint density at radius 1 is 1.24 bits per heavy atom. The minimum Gasteiger partial charge on any atom is -0.372 e. The Kier molecular flexibility index (Phi) is 1.98. The number of aryl methyl sites for hydroxylation is 2. The predicted octanol–water partition coefficient (Wildman–Crippen LogP) is 3.10. The smallest absolute Gasteiger partial charge is 0.138 e. The lowest BCUT2D eigenvalue weighted by atomic mass is 10.2. The maximum atomic E-state index is 4.78. The summed E-state index contributed by atoms with van der Waals surface area (Å²) in [6.45, 7) is 0. The van der Waals surface area contributed by atoms with Gasteiger partial charge >= 0.3 is 0 Å². The van der Waals surface area contributed by atoms with Gasteiger partial charge in [-0.25, -0.2) is 9.97 Å². The lowest BCUT2D eigenvalue weighted by Crippen LogP contribution is -2.00. The molecule has 0 amide bonds. The highest BCUT2D eigenvalue weighted by molar-refractivity contribution is 7.19. The molecule has 0 unspecified atom stereocenters. The molecule has 1 saturated carbocycles. The molecule has 0 radical (unpaired) electrons. The summed E-state index contributed by atoms with van der Waals surface area (Å²) < 4.78 is 0. The van der Waals surface area contributed by atoms with Gasteiger partial charge in [-0.2, -0.15) is 0 Å². The van der Waals surface area contributed by atoms with Gasteiger partial charge in [-0.05, 0) is 37.7 Å². The van der Waals surface area contributed by atoms with Gasteiger partial charge in [-0.3, -0.25) is 0 Å². The highest BCUT2D eigenvalue weighted by Gasteiger charge is 2.29. The number of nitrogens with one attached hydrogen (secondary N) is 1. The molecule has 0 atom stereocenters. The largest absolute Gasteiger partial charge is 0.372 e. The maximum Gasteiger partial charge on any atom is 0.138 e. The molecule has 0 spiro atoms. The number of fused-ring (bicyclic) bond motifs is 3. The van der Waals surface area contributed by atoms with Crippen molar-refractivity contribution in [2.75, 3.05) is 12.4 Å². The van der Waals surface area contributed by atoms with E-state index < -0.39 is 0 Å². The topological polar surface area (TPSA) is 37.8 Å². The molecule has 0 saturated heterocycles. The van der Waals surface area contributed by atoms with Crippen molar-refractivity contribution >= 4 is 27.4 Å². The molecule has 4 rings (SSSR count). The molecule has 2 aromatic heterocycles. The fourth-order valence-electron chi connectivity index (χ4n) is 2.72. The second kappa shape index (κ2) is 3.42. The van der Waals surface area contributed by atoms with Crippen molar-refractivity contribution in [2.24, 2.45) is 0 Å². The summed E-state index contributed by atoms with van der Waals surface area (Å²) in [5, 5.41) is 4.56. The Morgan fingerprint density at radius 2 is 2.12 bits per heavy atom. The van der Waals surface area contributed by atoms with Crippen LogP contribution < -0.4 is 5.32 Å². The average molecular weight is 245 g/mol. The minimum absolute atomic E-state index is 0.628. The molecule has 2 aromatic rings. The van der Waals surface area contributed by atoms with Crippen LogP contribution in [0.25, 0.3) is 10.2 Å². The van der Waals surface area contributed by atoms with E-state index in [9.17, 15) is 0 Å². The molecule has 2 heterocycles. The summed E-state index contributed by atoms with van der Waals surface area (Å²) in [5.74, 6) is 2.74. The number of hydrogen-bond donors (Lipinski definition) is 1. The van der Waals surface area contributed by atoms with Crippen molar-refractivity contribution in [1.82, 2.24) is 9.97 Å². The Bertz CT molecular complexity index is 598. The first kappa shape index (κ1) is 9.83. The van der Waals surface area contributed by atoms with Gasteiger partial charge in [0, 0.05) is 17.8 Å². The third kappa shape index (κ3) is 1.40. The van der Waals surface area contributed by atoms with Crippen LogP contribution in [0.4, 0.5) is 5.82 Å². The van der Waals surface area contributed by atoms with E-state index in [0.29, 0.717) is 5.92 Å². The Labute approximate surface area is 104 Å². The lowest BCUT2D eigenvalue weighted by molar-refractivity contribution is 0.914. The van der Waals surface area contributed by atoms with Gasteiger partial charge in [0.2, 0.25) is 0 Å². The van der Waals surface area contributed by atoms with Crippen LogP contribution in [0.1, 0.15) is 41.4 Å². The van der Waals surface area contributed by atoms with Crippen molar-refractivity contribution in [3.8, 4) is 0 Å². The van der Waals surface area contributed by atoms with Gasteiger partial charge in [0.1, 0.15) is 16.5 Å². The van der Waals surface area contributed by atoms with Crippen molar-refractivity contribution < 1.29 is 0 Å². The van der Waals surface area contributed by atoms with Crippen molar-refractivity contribution in [2.45, 2.75) is 38.0 Å². The summed E-state index contributed by atoms with van der Waals surface area (Å²) in [7, 11) is 1.97. The van der Waals surface area contributed by atoms with Gasteiger partial charge < -0.3 is 5.32 Å². The van der Waals surface area contributed by atoms with E-state index in [0.717, 1.165) is 11.6 Å². The summed E-state index contributed by atoms with van der Waals surface area (Å²) in [4.78, 5) is 12.2. The van der Waals surface area contributed by atoms with Crippen LogP contribution in [0.15, 0.2) is 0 Å². The van der Waals surface area contributed by atoms with Crippen molar-refractivity contribution in [3.05, 3.63) is 16.3 Å². The highest BCUT2D eigenvalue weighted by Crippen LogP contribution is 2.43. The molecule has 4 heteroatoms. The van der Waals surface area contributed by atoms with Crippen LogP contribution in [0.2, 0.25) is 0 Å². The van der Waals surface area contributed by atoms with Crippen LogP contribution >= 0.6 is 11.3 Å². The van der Waals surface area contributed by atoms with Crippen LogP contribution in [0, 0.1) is 0 Å². The maximum absolute atomic E-state index is 4.78. The molecule has 1 N–H and O–H groups in total. The van der Waals surface area contributed by atoms with Gasteiger partial charge in [0.15, 0.2) is 0 Å². The monoisotopic (exact) mass is 245 g/mol. The number of hydrogen-bond acceptors (Lipinski definition) is 4. The van der Waals surface area contributed by atoms with Gasteiger partial charge in [-0.1, -0.05) is 0 Å². The first-order valence-electron chi connectivity index (χ1n) is 6.36. The zero-order chi connectivity index (χ0) is 11.4. The third-order valence-electron chi connectivity index (χ3n) is 3.76. The van der Waals surface area contributed by atoms with E-state index in [4.69, 9.17) is 9.97 Å². The first-order valence-corrected chi connectivity index (χ1v) is 7.18. The van der Waals surface area contributed by atoms with Crippen LogP contribution in [-0.2, 0) is 12.8 Å². The number of nitrogens with zero attached hydrogens (tertiary/aromatic N) is 2. The zero-order valence-corrected chi connectivity index (χ0v) is 10.7. The Balaban J connectivity index is 2.00. The molecular weight excluding hydrogens is 230 g/mol. The van der Waals surface area contributed by atoms with Crippen LogP contribution in [0.3, 0.4) is 0 Å². The summed E-state index contributed by atoms with van der Waals surface area (Å²) in [6.07, 6.45) is 6.26. The second-order valence-corrected chi connectivity index (χ2v) is 6.08. The Hall–Kier alpha value is -1.16. The van der Waals surface area contributed by atoms with Gasteiger partial charge in [-0.15, -0.1) is 11.3 Å². The summed E-state index contributed by atoms with van der Waals surface area (Å²) in [5.41, 5.74) is 1.51. The molecule has 0 aromatic carbocycles. The van der Waals surface area contributed by atoms with E-state index >= 15 is 0 Å². The van der Waals surface area contributed by atoms with Crippen molar-refractivity contribution in [1.29, 1.82) is 0 Å². The summed E-state index contributed by atoms with van der Waals surface area (Å²) >= 11 is 1.88.